The molecule has 0 aromatic carbocycles. The first-order valence-electron chi connectivity index (χ1n) is 4.30. The molecule has 3 N–H and O–H groups in total. The zero-order valence-electron chi connectivity index (χ0n) is 7.98. The number of fused-ring (bicyclic) bond motifs is 1. The van der Waals surface area contributed by atoms with E-state index in [1.165, 1.54) is 11.8 Å². The minimum atomic E-state index is 0.199. The number of rotatable bonds is 2. The van der Waals surface area contributed by atoms with Crippen molar-refractivity contribution in [1.82, 2.24) is 19.9 Å². The quantitative estimate of drug-likeness (QED) is 0.576. The third-order valence-electron chi connectivity index (χ3n) is 1.74. The van der Waals surface area contributed by atoms with Gasteiger partial charge in [0.25, 0.3) is 0 Å². The van der Waals surface area contributed by atoms with Gasteiger partial charge in [0.2, 0.25) is 5.82 Å². The maximum Gasteiger partial charge on any atom is 0.212 e. The van der Waals surface area contributed by atoms with Gasteiger partial charge in [-0.2, -0.15) is 10.2 Å². The van der Waals surface area contributed by atoms with Gasteiger partial charge < -0.3 is 10.7 Å². The van der Waals surface area contributed by atoms with Gasteiger partial charge in [-0.3, -0.25) is 0 Å². The number of nitriles is 1. The standard InChI is InChI=1S/C8H8N6S/c1-2-15-8-13-6(10)5-7(14-8)12-4(3-9)11-5/h2H2,1H3,(H3,10,11,12,13,14). The van der Waals surface area contributed by atoms with Gasteiger partial charge in [0, 0.05) is 0 Å². The first-order chi connectivity index (χ1) is 7.24. The molecule has 0 unspecified atom stereocenters. The Kier molecular flexibility index (Phi) is 2.43. The van der Waals surface area contributed by atoms with E-state index in [1.807, 2.05) is 13.0 Å². The Morgan fingerprint density at radius 3 is 2.93 bits per heavy atom. The highest BCUT2D eigenvalue weighted by Crippen LogP contribution is 2.20. The van der Waals surface area contributed by atoms with E-state index < -0.39 is 0 Å². The molecule has 7 heteroatoms. The van der Waals surface area contributed by atoms with E-state index in [0.717, 1.165) is 5.75 Å². The summed E-state index contributed by atoms with van der Waals surface area (Å²) in [6.45, 7) is 2.00. The number of nitrogen functional groups attached to an aromatic ring is 1. The monoisotopic (exact) mass is 220 g/mol. The van der Waals surface area contributed by atoms with Gasteiger partial charge in [0.05, 0.1) is 0 Å². The van der Waals surface area contributed by atoms with Crippen LogP contribution in [0.5, 0.6) is 0 Å². The van der Waals surface area contributed by atoms with Crippen molar-refractivity contribution >= 4 is 28.7 Å². The van der Waals surface area contributed by atoms with E-state index in [9.17, 15) is 0 Å². The Bertz CT molecular complexity index is 540. The molecule has 0 saturated heterocycles. The molecular weight excluding hydrogens is 212 g/mol. The van der Waals surface area contributed by atoms with Crippen molar-refractivity contribution in [1.29, 1.82) is 5.26 Å². The number of H-pyrrole nitrogens is 1. The smallest absolute Gasteiger partial charge is 0.212 e. The molecule has 0 radical (unpaired) electrons. The molecule has 0 saturated carbocycles. The van der Waals surface area contributed by atoms with E-state index in [2.05, 4.69) is 19.9 Å². The van der Waals surface area contributed by atoms with Gasteiger partial charge in [-0.1, -0.05) is 18.7 Å². The maximum absolute atomic E-state index is 8.66. The Labute approximate surface area is 89.9 Å². The van der Waals surface area contributed by atoms with Crippen LogP contribution in [-0.2, 0) is 0 Å². The summed E-state index contributed by atoms with van der Waals surface area (Å²) < 4.78 is 0. The number of hydrogen-bond acceptors (Lipinski definition) is 6. The fourth-order valence-electron chi connectivity index (χ4n) is 1.14. The largest absolute Gasteiger partial charge is 0.382 e. The zero-order chi connectivity index (χ0) is 10.8. The van der Waals surface area contributed by atoms with E-state index in [0.29, 0.717) is 22.1 Å². The minimum absolute atomic E-state index is 0.199. The number of nitrogens with two attached hydrogens (primary N) is 1. The van der Waals surface area contributed by atoms with E-state index in [1.54, 1.807) is 0 Å². The van der Waals surface area contributed by atoms with Crippen LogP contribution in [-0.4, -0.2) is 25.7 Å². The lowest BCUT2D eigenvalue weighted by atomic mass is 10.5. The molecule has 0 fully saturated rings. The fraction of sp³-hybridized carbons (Fsp3) is 0.250. The molecule has 2 aromatic heterocycles. The summed E-state index contributed by atoms with van der Waals surface area (Å²) in [5.74, 6) is 1.38. The van der Waals surface area contributed by atoms with Gasteiger partial charge >= 0.3 is 0 Å². The van der Waals surface area contributed by atoms with Crippen molar-refractivity contribution in [2.24, 2.45) is 0 Å². The Morgan fingerprint density at radius 1 is 1.47 bits per heavy atom. The number of nitrogens with one attached hydrogen (secondary N) is 1. The first-order valence-corrected chi connectivity index (χ1v) is 5.29. The topological polar surface area (TPSA) is 104 Å². The lowest BCUT2D eigenvalue weighted by Crippen LogP contribution is -1.96. The summed E-state index contributed by atoms with van der Waals surface area (Å²) in [7, 11) is 0. The third-order valence-corrected chi connectivity index (χ3v) is 2.47. The predicted molar refractivity (Wildman–Crippen MR) is 57.2 cm³/mol. The molecule has 0 atom stereocenters. The van der Waals surface area contributed by atoms with Crippen LogP contribution in [0.3, 0.4) is 0 Å². The number of hydrogen-bond donors (Lipinski definition) is 2. The Morgan fingerprint density at radius 2 is 2.27 bits per heavy atom. The number of thioether (sulfide) groups is 1. The molecule has 76 valence electrons. The minimum Gasteiger partial charge on any atom is -0.382 e. The number of aromatic amines is 1. The molecule has 0 spiro atoms. The summed E-state index contributed by atoms with van der Waals surface area (Å²) >= 11 is 1.48. The zero-order valence-corrected chi connectivity index (χ0v) is 8.80. The second-order valence-electron chi connectivity index (χ2n) is 2.72. The van der Waals surface area contributed by atoms with Gasteiger partial charge in [-0.15, -0.1) is 0 Å². The van der Waals surface area contributed by atoms with Crippen LogP contribution in [0.1, 0.15) is 12.7 Å². The van der Waals surface area contributed by atoms with Crippen LogP contribution in [0.2, 0.25) is 0 Å². The van der Waals surface area contributed by atoms with Crippen molar-refractivity contribution in [3.8, 4) is 6.07 Å². The van der Waals surface area contributed by atoms with Crippen molar-refractivity contribution in [2.75, 3.05) is 11.5 Å². The molecule has 15 heavy (non-hydrogen) atoms. The van der Waals surface area contributed by atoms with Crippen LogP contribution in [0.15, 0.2) is 5.16 Å². The fourth-order valence-corrected chi connectivity index (χ4v) is 1.72. The van der Waals surface area contributed by atoms with Crippen LogP contribution in [0, 0.1) is 11.3 Å². The summed E-state index contributed by atoms with van der Waals surface area (Å²) in [6, 6.07) is 1.90. The van der Waals surface area contributed by atoms with Crippen LogP contribution in [0.25, 0.3) is 11.2 Å². The highest BCUT2D eigenvalue weighted by Gasteiger charge is 2.09. The second kappa shape index (κ2) is 3.74. The normalized spacial score (nSPS) is 10.4. The molecule has 2 rings (SSSR count). The van der Waals surface area contributed by atoms with Crippen LogP contribution in [0.4, 0.5) is 5.82 Å². The van der Waals surface area contributed by atoms with Gasteiger partial charge in [0.1, 0.15) is 11.6 Å². The Hall–Kier alpha value is -1.81. The summed E-state index contributed by atoms with van der Waals surface area (Å²) in [5, 5.41) is 9.25. The number of anilines is 1. The maximum atomic E-state index is 8.66. The predicted octanol–water partition coefficient (Wildman–Crippen LogP) is 0.919. The molecular formula is C8H8N6S. The lowest BCUT2D eigenvalue weighted by Gasteiger charge is -1.98. The number of imidazole rings is 1. The van der Waals surface area contributed by atoms with Crippen molar-refractivity contribution in [2.45, 2.75) is 12.1 Å². The molecule has 0 aliphatic heterocycles. The van der Waals surface area contributed by atoms with Crippen LogP contribution < -0.4 is 5.73 Å². The van der Waals surface area contributed by atoms with Gasteiger partial charge in [-0.25, -0.2) is 9.97 Å². The lowest BCUT2D eigenvalue weighted by molar-refractivity contribution is 1.00. The van der Waals surface area contributed by atoms with Crippen molar-refractivity contribution in [3.05, 3.63) is 5.82 Å². The van der Waals surface area contributed by atoms with E-state index >= 15 is 0 Å². The SMILES string of the molecule is CCSc1nc(N)c2[nH]c(C#N)nc2n1. The first kappa shape index (κ1) is 9.73. The average Bonchev–Trinajstić information content (AvgIpc) is 2.62. The Balaban J connectivity index is 2.61. The molecule has 6 nitrogen and oxygen atoms in total. The highest BCUT2D eigenvalue weighted by molar-refractivity contribution is 7.99. The summed E-state index contributed by atoms with van der Waals surface area (Å²) in [4.78, 5) is 15.0. The third kappa shape index (κ3) is 1.71. The number of aromatic nitrogens is 4. The molecule has 2 heterocycles. The second-order valence-corrected chi connectivity index (χ2v) is 3.95. The highest BCUT2D eigenvalue weighted by atomic mass is 32.2. The molecule has 0 bridgehead atoms. The number of nitrogens with zero attached hydrogens (tertiary/aromatic N) is 4. The molecule has 0 aliphatic carbocycles. The molecule has 0 amide bonds. The van der Waals surface area contributed by atoms with Gasteiger partial charge in [0.15, 0.2) is 16.6 Å². The van der Waals surface area contributed by atoms with E-state index in [-0.39, 0.29) is 5.82 Å². The van der Waals surface area contributed by atoms with Gasteiger partial charge in [-0.05, 0) is 5.75 Å². The summed E-state index contributed by atoms with van der Waals surface area (Å²) in [6.07, 6.45) is 0. The van der Waals surface area contributed by atoms with Crippen molar-refractivity contribution in [3.63, 3.8) is 0 Å². The summed E-state index contributed by atoms with van der Waals surface area (Å²) in [5.41, 5.74) is 6.67. The average molecular weight is 220 g/mol. The van der Waals surface area contributed by atoms with Crippen molar-refractivity contribution < 1.29 is 0 Å². The molecule has 0 aliphatic rings. The van der Waals surface area contributed by atoms with E-state index in [4.69, 9.17) is 11.0 Å². The molecule has 2 aromatic rings. The van der Waals surface area contributed by atoms with Crippen LogP contribution >= 0.6 is 11.8 Å².